The first-order valence-corrected chi connectivity index (χ1v) is 26.9. The van der Waals surface area contributed by atoms with E-state index in [-0.39, 0.29) is 12.5 Å². The van der Waals surface area contributed by atoms with E-state index >= 15 is 0 Å². The number of unbranched alkanes of at least 4 members (excludes halogenated alkanes) is 13. The molecular formula is C60H97NO8. The Kier molecular flexibility index (Phi) is 44.0. The summed E-state index contributed by atoms with van der Waals surface area (Å²) in [5.74, 6) is -0.197. The van der Waals surface area contributed by atoms with Crippen molar-refractivity contribution in [3.63, 3.8) is 0 Å². The van der Waals surface area contributed by atoms with Crippen molar-refractivity contribution in [3.8, 4) is 0 Å². The van der Waals surface area contributed by atoms with E-state index < -0.39 is 49.5 Å². The molecule has 0 spiro atoms. The summed E-state index contributed by atoms with van der Waals surface area (Å²) in [7, 11) is 0. The second kappa shape index (κ2) is 48.0. The molecule has 1 aliphatic heterocycles. The molecule has 0 radical (unpaired) electrons. The number of ether oxygens (including phenoxy) is 2. The highest BCUT2D eigenvalue weighted by molar-refractivity contribution is 5.76. The lowest BCUT2D eigenvalue weighted by Crippen LogP contribution is -2.60. The molecule has 1 heterocycles. The van der Waals surface area contributed by atoms with Crippen LogP contribution in [0, 0.1) is 0 Å². The molecule has 0 bridgehead atoms. The Balaban J connectivity index is 2.11. The Labute approximate surface area is 420 Å². The molecule has 69 heavy (non-hydrogen) atoms. The van der Waals surface area contributed by atoms with Gasteiger partial charge in [0.05, 0.1) is 25.4 Å². The molecule has 1 fully saturated rings. The molecule has 7 unspecified atom stereocenters. The quantitative estimate of drug-likeness (QED) is 0.0261. The lowest BCUT2D eigenvalue weighted by atomic mass is 9.99. The fraction of sp³-hybridized carbons (Fsp3) is 0.617. The van der Waals surface area contributed by atoms with Gasteiger partial charge in [-0.2, -0.15) is 0 Å². The van der Waals surface area contributed by atoms with Crippen molar-refractivity contribution in [1.82, 2.24) is 5.32 Å². The molecule has 390 valence electrons. The van der Waals surface area contributed by atoms with Gasteiger partial charge in [-0.1, -0.05) is 212 Å². The molecule has 0 aromatic heterocycles. The van der Waals surface area contributed by atoms with Crippen LogP contribution in [0.1, 0.15) is 181 Å². The maximum absolute atomic E-state index is 12.9. The molecule has 1 amide bonds. The summed E-state index contributed by atoms with van der Waals surface area (Å²) < 4.78 is 11.2. The predicted molar refractivity (Wildman–Crippen MR) is 290 cm³/mol. The van der Waals surface area contributed by atoms with Crippen LogP contribution in [-0.4, -0.2) is 87.5 Å². The molecule has 9 heteroatoms. The van der Waals surface area contributed by atoms with E-state index in [9.17, 15) is 30.3 Å². The molecule has 0 saturated carbocycles. The number of carbonyl (C=O) groups is 1. The SMILES string of the molecule is CC/C=C\C/C=C\C/C=C\C/C=C\C/C=C\C/C=C\C/C=C\C/C=C\C/C=C\C/C=C\CCCCCCCCCCC(=O)NC(COC1OC(CO)C(O)C(O)C1O)C(O)/C=C/CCCCCCC. The van der Waals surface area contributed by atoms with Crippen molar-refractivity contribution in [2.75, 3.05) is 13.2 Å². The van der Waals surface area contributed by atoms with E-state index in [1.54, 1.807) is 6.08 Å². The van der Waals surface area contributed by atoms with Gasteiger partial charge in [0.25, 0.3) is 0 Å². The Morgan fingerprint density at radius 3 is 1.33 bits per heavy atom. The highest BCUT2D eigenvalue weighted by Gasteiger charge is 2.44. The number of hydrogen-bond donors (Lipinski definition) is 6. The topological polar surface area (TPSA) is 149 Å². The molecule has 1 saturated heterocycles. The molecule has 1 rings (SSSR count). The number of nitrogens with one attached hydrogen (secondary N) is 1. The van der Waals surface area contributed by atoms with E-state index in [1.165, 1.54) is 44.9 Å². The second-order valence-corrected chi connectivity index (χ2v) is 17.9. The molecule has 7 atom stereocenters. The van der Waals surface area contributed by atoms with Gasteiger partial charge in [-0.25, -0.2) is 0 Å². The summed E-state index contributed by atoms with van der Waals surface area (Å²) in [5, 5.41) is 54.0. The molecule has 1 aliphatic rings. The molecular weight excluding hydrogens is 863 g/mol. The third-order valence-electron chi connectivity index (χ3n) is 11.7. The van der Waals surface area contributed by atoms with Gasteiger partial charge in [-0.15, -0.1) is 0 Å². The van der Waals surface area contributed by atoms with Gasteiger partial charge in [0.2, 0.25) is 5.91 Å². The molecule has 9 nitrogen and oxygen atoms in total. The number of hydrogen-bond acceptors (Lipinski definition) is 8. The van der Waals surface area contributed by atoms with Gasteiger partial charge < -0.3 is 40.3 Å². The van der Waals surface area contributed by atoms with Crippen molar-refractivity contribution in [1.29, 1.82) is 0 Å². The van der Waals surface area contributed by atoms with Crippen LogP contribution in [0.5, 0.6) is 0 Å². The number of aliphatic hydroxyl groups excluding tert-OH is 5. The predicted octanol–water partition coefficient (Wildman–Crippen LogP) is 12.9. The number of allylic oxidation sites excluding steroid dienone is 21. The van der Waals surface area contributed by atoms with E-state index in [0.717, 1.165) is 116 Å². The van der Waals surface area contributed by atoms with Gasteiger partial charge in [0.1, 0.15) is 24.4 Å². The van der Waals surface area contributed by atoms with Gasteiger partial charge in [-0.3, -0.25) is 4.79 Å². The van der Waals surface area contributed by atoms with E-state index in [4.69, 9.17) is 9.47 Å². The van der Waals surface area contributed by atoms with Gasteiger partial charge >= 0.3 is 0 Å². The zero-order valence-electron chi connectivity index (χ0n) is 43.0. The van der Waals surface area contributed by atoms with Crippen molar-refractivity contribution in [2.24, 2.45) is 0 Å². The van der Waals surface area contributed by atoms with Crippen molar-refractivity contribution in [2.45, 2.75) is 224 Å². The lowest BCUT2D eigenvalue weighted by molar-refractivity contribution is -0.302. The number of rotatable bonds is 43. The van der Waals surface area contributed by atoms with E-state index in [1.807, 2.05) is 6.08 Å². The minimum Gasteiger partial charge on any atom is -0.394 e. The summed E-state index contributed by atoms with van der Waals surface area (Å²) >= 11 is 0. The van der Waals surface area contributed by atoms with Crippen LogP contribution in [0.2, 0.25) is 0 Å². The van der Waals surface area contributed by atoms with Crippen molar-refractivity contribution < 1.29 is 39.8 Å². The first-order chi connectivity index (χ1) is 33.8. The van der Waals surface area contributed by atoms with Crippen LogP contribution in [-0.2, 0) is 14.3 Å². The Hall–Kier alpha value is -3.67. The van der Waals surface area contributed by atoms with Gasteiger partial charge in [-0.05, 0) is 96.3 Å². The average molecular weight is 960 g/mol. The molecule has 6 N–H and O–H groups in total. The molecule has 0 aliphatic carbocycles. The number of carbonyl (C=O) groups excluding carboxylic acids is 1. The smallest absolute Gasteiger partial charge is 0.220 e. The Bertz CT molecular complexity index is 1530. The van der Waals surface area contributed by atoms with E-state index in [2.05, 4.69) is 141 Å². The van der Waals surface area contributed by atoms with Crippen LogP contribution in [0.15, 0.2) is 134 Å². The van der Waals surface area contributed by atoms with Crippen LogP contribution >= 0.6 is 0 Å². The monoisotopic (exact) mass is 960 g/mol. The first kappa shape index (κ1) is 63.3. The Morgan fingerprint density at radius 1 is 0.507 bits per heavy atom. The van der Waals surface area contributed by atoms with Crippen LogP contribution in [0.4, 0.5) is 0 Å². The van der Waals surface area contributed by atoms with Gasteiger partial charge in [0.15, 0.2) is 6.29 Å². The number of aliphatic hydroxyl groups is 5. The summed E-state index contributed by atoms with van der Waals surface area (Å²) in [5.41, 5.74) is 0. The highest BCUT2D eigenvalue weighted by Crippen LogP contribution is 2.22. The first-order valence-electron chi connectivity index (χ1n) is 26.9. The normalized spacial score (nSPS) is 20.6. The average Bonchev–Trinajstić information content (AvgIpc) is 3.35. The largest absolute Gasteiger partial charge is 0.394 e. The van der Waals surface area contributed by atoms with Crippen molar-refractivity contribution >= 4 is 5.91 Å². The minimum absolute atomic E-state index is 0.197. The van der Waals surface area contributed by atoms with Crippen molar-refractivity contribution in [3.05, 3.63) is 134 Å². The maximum Gasteiger partial charge on any atom is 0.220 e. The fourth-order valence-electron chi connectivity index (χ4n) is 7.48. The third-order valence-corrected chi connectivity index (χ3v) is 11.7. The summed E-state index contributed by atoms with van der Waals surface area (Å²) in [6.07, 6.45) is 66.9. The zero-order valence-corrected chi connectivity index (χ0v) is 43.0. The maximum atomic E-state index is 12.9. The number of amides is 1. The van der Waals surface area contributed by atoms with Crippen LogP contribution in [0.3, 0.4) is 0 Å². The van der Waals surface area contributed by atoms with Crippen LogP contribution < -0.4 is 5.32 Å². The third kappa shape index (κ3) is 37.8. The molecule has 0 aromatic carbocycles. The zero-order chi connectivity index (χ0) is 50.1. The van der Waals surface area contributed by atoms with E-state index in [0.29, 0.717) is 6.42 Å². The summed E-state index contributed by atoms with van der Waals surface area (Å²) in [6.45, 7) is 3.56. The molecule has 0 aromatic rings. The lowest BCUT2D eigenvalue weighted by Gasteiger charge is -2.40. The Morgan fingerprint density at radius 2 is 0.899 bits per heavy atom. The standard InChI is InChI=1S/C60H97NO8/c1-3-5-7-9-11-12-13-14-15-16-17-18-19-20-21-22-23-24-25-26-27-28-29-30-31-32-33-34-35-36-37-38-39-40-41-42-44-46-48-50-56(64)61-53(54(63)49-47-45-43-10-8-6-4-2)52-68-60-59(67)58(66)57(65)55(51-62)69-60/h5,7,11-12,14-15,17-18,20-21,23-24,26-27,29-30,32-33,35-36,47,49,53-55,57-60,62-63,65-67H,3-4,6,8-10,13,16,19,22,25,28,31,34,37-46,48,50-52H2,1-2H3,(H,61,64)/b7-5-,12-11-,15-14-,18-17-,21-20-,24-23-,27-26-,30-29-,33-32-,36-35-,49-47+. The van der Waals surface area contributed by atoms with Gasteiger partial charge in [0, 0.05) is 6.42 Å². The summed E-state index contributed by atoms with van der Waals surface area (Å²) in [6, 6.07) is -0.815. The minimum atomic E-state index is -1.57. The fourth-order valence-corrected chi connectivity index (χ4v) is 7.48. The summed E-state index contributed by atoms with van der Waals surface area (Å²) in [4.78, 5) is 12.9. The highest BCUT2D eigenvalue weighted by atomic mass is 16.7. The second-order valence-electron chi connectivity index (χ2n) is 17.9. The van der Waals surface area contributed by atoms with Crippen LogP contribution in [0.25, 0.3) is 0 Å².